The van der Waals surface area contributed by atoms with Crippen LogP contribution in [0.1, 0.15) is 18.9 Å². The van der Waals surface area contributed by atoms with Crippen LogP contribution in [0.15, 0.2) is 22.7 Å². The van der Waals surface area contributed by atoms with Crippen LogP contribution in [0, 0.1) is 11.3 Å². The minimum absolute atomic E-state index is 0.00160. The predicted molar refractivity (Wildman–Crippen MR) is 63.6 cm³/mol. The normalized spacial score (nSPS) is 11.9. The highest BCUT2D eigenvalue weighted by Gasteiger charge is 2.07. The molecular formula is C11H13BrN2O. The highest BCUT2D eigenvalue weighted by atomic mass is 79.9. The summed E-state index contributed by atoms with van der Waals surface area (Å²) >= 11 is 3.31. The lowest BCUT2D eigenvalue weighted by Crippen LogP contribution is -2.23. The SMILES string of the molecule is CC[C@H](CO)Nc1ccc(Br)cc1C#N. The molecule has 1 atom stereocenters. The van der Waals surface area contributed by atoms with E-state index in [0.29, 0.717) is 5.56 Å². The summed E-state index contributed by atoms with van der Waals surface area (Å²) in [5, 5.41) is 21.1. The van der Waals surface area contributed by atoms with Crippen LogP contribution in [0.4, 0.5) is 5.69 Å². The molecule has 0 saturated carbocycles. The van der Waals surface area contributed by atoms with Crippen molar-refractivity contribution < 1.29 is 5.11 Å². The van der Waals surface area contributed by atoms with Crippen molar-refractivity contribution in [1.82, 2.24) is 0 Å². The Balaban J connectivity index is 2.90. The van der Waals surface area contributed by atoms with Gasteiger partial charge in [-0.2, -0.15) is 5.26 Å². The zero-order chi connectivity index (χ0) is 11.3. The maximum atomic E-state index is 9.05. The molecule has 0 aromatic heterocycles. The van der Waals surface area contributed by atoms with Crippen molar-refractivity contribution in [1.29, 1.82) is 5.26 Å². The number of hydrogen-bond donors (Lipinski definition) is 2. The van der Waals surface area contributed by atoms with Gasteiger partial charge in [0.1, 0.15) is 6.07 Å². The maximum Gasteiger partial charge on any atom is 0.101 e. The smallest absolute Gasteiger partial charge is 0.101 e. The van der Waals surface area contributed by atoms with Crippen LogP contribution >= 0.6 is 15.9 Å². The van der Waals surface area contributed by atoms with Gasteiger partial charge in [-0.3, -0.25) is 0 Å². The minimum atomic E-state index is -0.00160. The Labute approximate surface area is 97.9 Å². The molecule has 0 spiro atoms. The standard InChI is InChI=1S/C11H13BrN2O/c1-2-10(7-15)14-11-4-3-9(12)5-8(11)6-13/h3-5,10,14-15H,2,7H2,1H3/t10-/m1/s1. The number of rotatable bonds is 4. The summed E-state index contributed by atoms with van der Waals surface area (Å²) in [5.74, 6) is 0. The monoisotopic (exact) mass is 268 g/mol. The molecule has 1 rings (SSSR count). The van der Waals surface area contributed by atoms with Gasteiger partial charge in [0.25, 0.3) is 0 Å². The lowest BCUT2D eigenvalue weighted by Gasteiger charge is -2.16. The largest absolute Gasteiger partial charge is 0.394 e. The molecule has 0 amide bonds. The van der Waals surface area contributed by atoms with Gasteiger partial charge in [0.15, 0.2) is 0 Å². The first-order valence-electron chi connectivity index (χ1n) is 4.78. The number of nitrogens with one attached hydrogen (secondary N) is 1. The van der Waals surface area contributed by atoms with E-state index in [4.69, 9.17) is 10.4 Å². The first-order chi connectivity index (χ1) is 7.21. The van der Waals surface area contributed by atoms with Gasteiger partial charge >= 0.3 is 0 Å². The summed E-state index contributed by atoms with van der Waals surface area (Å²) in [5.41, 5.74) is 1.35. The summed E-state index contributed by atoms with van der Waals surface area (Å²) < 4.78 is 0.877. The van der Waals surface area contributed by atoms with Crippen molar-refractivity contribution in [2.45, 2.75) is 19.4 Å². The number of anilines is 1. The lowest BCUT2D eigenvalue weighted by molar-refractivity contribution is 0.272. The number of hydrogen-bond acceptors (Lipinski definition) is 3. The Morgan fingerprint density at radius 1 is 1.60 bits per heavy atom. The molecule has 0 radical (unpaired) electrons. The zero-order valence-electron chi connectivity index (χ0n) is 8.50. The van der Waals surface area contributed by atoms with E-state index in [0.717, 1.165) is 16.6 Å². The molecule has 0 unspecified atom stereocenters. The van der Waals surface area contributed by atoms with Crippen molar-refractivity contribution in [2.24, 2.45) is 0 Å². The molecule has 0 saturated heterocycles. The van der Waals surface area contributed by atoms with E-state index in [2.05, 4.69) is 27.3 Å². The summed E-state index contributed by atoms with van der Waals surface area (Å²) in [6.07, 6.45) is 0.817. The highest BCUT2D eigenvalue weighted by molar-refractivity contribution is 9.10. The molecule has 0 aliphatic carbocycles. The maximum absolute atomic E-state index is 9.05. The number of nitriles is 1. The fourth-order valence-electron chi connectivity index (χ4n) is 1.23. The zero-order valence-corrected chi connectivity index (χ0v) is 10.1. The van der Waals surface area contributed by atoms with E-state index in [1.165, 1.54) is 0 Å². The average Bonchev–Trinajstić information content (AvgIpc) is 2.27. The molecule has 1 aromatic rings. The molecule has 0 aliphatic heterocycles. The fraction of sp³-hybridized carbons (Fsp3) is 0.364. The molecule has 0 fully saturated rings. The molecule has 4 heteroatoms. The van der Waals surface area contributed by atoms with Gasteiger partial charge < -0.3 is 10.4 Å². The van der Waals surface area contributed by atoms with E-state index in [1.54, 1.807) is 6.07 Å². The molecular weight excluding hydrogens is 256 g/mol. The summed E-state index contributed by atoms with van der Waals surface area (Å²) in [6, 6.07) is 7.57. The van der Waals surface area contributed by atoms with Gasteiger partial charge in [-0.05, 0) is 24.6 Å². The van der Waals surface area contributed by atoms with Gasteiger partial charge in [-0.25, -0.2) is 0 Å². The summed E-state index contributed by atoms with van der Waals surface area (Å²) in [4.78, 5) is 0. The van der Waals surface area contributed by atoms with Crippen LogP contribution < -0.4 is 5.32 Å². The Morgan fingerprint density at radius 3 is 2.87 bits per heavy atom. The lowest BCUT2D eigenvalue weighted by atomic mass is 10.1. The number of nitrogens with zero attached hydrogens (tertiary/aromatic N) is 1. The summed E-state index contributed by atoms with van der Waals surface area (Å²) in [6.45, 7) is 2.05. The third-order valence-corrected chi connectivity index (χ3v) is 2.67. The van der Waals surface area contributed by atoms with Crippen molar-refractivity contribution in [2.75, 3.05) is 11.9 Å². The molecule has 2 N–H and O–H groups in total. The predicted octanol–water partition coefficient (Wildman–Crippen LogP) is 2.50. The summed E-state index contributed by atoms with van der Waals surface area (Å²) in [7, 11) is 0. The number of aliphatic hydroxyl groups is 1. The van der Waals surface area contributed by atoms with Crippen molar-refractivity contribution >= 4 is 21.6 Å². The van der Waals surface area contributed by atoms with Gasteiger partial charge in [0.05, 0.1) is 17.9 Å². The van der Waals surface area contributed by atoms with E-state index in [-0.39, 0.29) is 12.6 Å². The fourth-order valence-corrected chi connectivity index (χ4v) is 1.59. The number of aliphatic hydroxyl groups excluding tert-OH is 1. The van der Waals surface area contributed by atoms with Crippen LogP contribution in [0.2, 0.25) is 0 Å². The first kappa shape index (κ1) is 12.0. The molecule has 3 nitrogen and oxygen atoms in total. The Bertz CT molecular complexity index is 369. The van der Waals surface area contributed by atoms with E-state index in [9.17, 15) is 0 Å². The second kappa shape index (κ2) is 5.74. The third kappa shape index (κ3) is 3.22. The molecule has 1 aromatic carbocycles. The molecule has 0 bridgehead atoms. The number of halogens is 1. The van der Waals surface area contributed by atoms with Crippen LogP contribution in [0.5, 0.6) is 0 Å². The highest BCUT2D eigenvalue weighted by Crippen LogP contribution is 2.21. The topological polar surface area (TPSA) is 56.0 Å². The van der Waals surface area contributed by atoms with E-state index >= 15 is 0 Å². The van der Waals surface area contributed by atoms with Crippen LogP contribution in [-0.4, -0.2) is 17.8 Å². The quantitative estimate of drug-likeness (QED) is 0.883. The van der Waals surface area contributed by atoms with Gasteiger partial charge in [0.2, 0.25) is 0 Å². The minimum Gasteiger partial charge on any atom is -0.394 e. The molecule has 80 valence electrons. The van der Waals surface area contributed by atoms with E-state index < -0.39 is 0 Å². The van der Waals surface area contributed by atoms with Crippen molar-refractivity contribution in [3.05, 3.63) is 28.2 Å². The Kier molecular flexibility index (Phi) is 4.60. The first-order valence-corrected chi connectivity index (χ1v) is 5.57. The molecule has 0 heterocycles. The Morgan fingerprint density at radius 2 is 2.33 bits per heavy atom. The van der Waals surface area contributed by atoms with Gasteiger partial charge in [0, 0.05) is 10.5 Å². The van der Waals surface area contributed by atoms with Crippen molar-refractivity contribution in [3.63, 3.8) is 0 Å². The second-order valence-electron chi connectivity index (χ2n) is 3.23. The van der Waals surface area contributed by atoms with Crippen LogP contribution in [0.25, 0.3) is 0 Å². The van der Waals surface area contributed by atoms with Crippen LogP contribution in [0.3, 0.4) is 0 Å². The van der Waals surface area contributed by atoms with Crippen molar-refractivity contribution in [3.8, 4) is 6.07 Å². The van der Waals surface area contributed by atoms with Gasteiger partial charge in [-0.1, -0.05) is 22.9 Å². The Hall–Kier alpha value is -1.05. The van der Waals surface area contributed by atoms with E-state index in [1.807, 2.05) is 19.1 Å². The second-order valence-corrected chi connectivity index (χ2v) is 4.15. The van der Waals surface area contributed by atoms with Crippen LogP contribution in [-0.2, 0) is 0 Å². The average molecular weight is 269 g/mol. The third-order valence-electron chi connectivity index (χ3n) is 2.17. The molecule has 15 heavy (non-hydrogen) atoms. The number of benzene rings is 1. The van der Waals surface area contributed by atoms with Gasteiger partial charge in [-0.15, -0.1) is 0 Å². The molecule has 0 aliphatic rings.